The molecule has 2 fully saturated rings. The maximum atomic E-state index is 14.8. The predicted molar refractivity (Wildman–Crippen MR) is 362 cm³/mol. The first-order valence-corrected chi connectivity index (χ1v) is 34.9. The highest BCUT2D eigenvalue weighted by Crippen LogP contribution is 2.24. The van der Waals surface area contributed by atoms with Gasteiger partial charge < -0.3 is 92.1 Å². The van der Waals surface area contributed by atoms with Crippen LogP contribution in [0.25, 0.3) is 0 Å². The zero-order chi connectivity index (χ0) is 72.8. The number of rotatable bonds is 42. The van der Waals surface area contributed by atoms with Crippen molar-refractivity contribution < 1.29 is 70.7 Å². The van der Waals surface area contributed by atoms with Crippen molar-refractivity contribution in [3.63, 3.8) is 0 Å². The number of unbranched alkanes of at least 4 members (excludes halogenated alkanes) is 1. The van der Waals surface area contributed by atoms with E-state index in [1.165, 1.54) is 16.8 Å². The van der Waals surface area contributed by atoms with Gasteiger partial charge in [0, 0.05) is 58.6 Å². The van der Waals surface area contributed by atoms with E-state index in [0.717, 1.165) is 11.2 Å². The van der Waals surface area contributed by atoms with Crippen LogP contribution in [-0.4, -0.2) is 218 Å². The lowest BCUT2D eigenvalue weighted by atomic mass is 10.0. The lowest BCUT2D eigenvalue weighted by Gasteiger charge is -2.32. The van der Waals surface area contributed by atoms with Gasteiger partial charge in [0.15, 0.2) is 5.96 Å². The maximum absolute atomic E-state index is 14.8. The van der Waals surface area contributed by atoms with Gasteiger partial charge in [-0.1, -0.05) is 74.5 Å². The number of nitrogens with one attached hydrogen (secondary N) is 7. The van der Waals surface area contributed by atoms with Gasteiger partial charge in [-0.05, 0) is 107 Å². The number of hydrogen-bond acceptors (Lipinski definition) is 18. The lowest BCUT2D eigenvalue weighted by molar-refractivity contribution is -0.144. The molecular formula is C64H100N18O15S. The molecular weight excluding hydrogens is 1290 g/mol. The van der Waals surface area contributed by atoms with Gasteiger partial charge in [0.05, 0.1) is 18.3 Å². The molecule has 2 aliphatic heterocycles. The smallest absolute Gasteiger partial charge is 0.245 e. The number of hydrogen-bond donors (Lipinski definition) is 14. The SMILES string of the molecule is CC(C)C[C@H](NC(=O)CN(C)C(=O)[C@H](Cc1ccccc1)NC(=O)[C@H](Cc1ccccc1)NC(=O)[C@H](CCC(N)=O)NC(=O)[C@H](CCC(N)=O)NC(=O)C1CCCN1C(=O)[C@H](CCCCN)NC(=O)[C@@H]1CCCN1C(=O)[C@@H](N)CCCN=C(N)N)C(=O)N[C@@H](CCS(C)(=O)=O)C(N)=O. The third-order valence-corrected chi connectivity index (χ3v) is 17.5. The second kappa shape index (κ2) is 40.4. The van der Waals surface area contributed by atoms with Crippen LogP contribution in [0.5, 0.6) is 0 Å². The fourth-order valence-electron chi connectivity index (χ4n) is 11.4. The Hall–Kier alpha value is -9.31. The molecule has 0 aliphatic carbocycles. The van der Waals surface area contributed by atoms with Crippen molar-refractivity contribution in [2.45, 2.75) is 183 Å². The van der Waals surface area contributed by atoms with E-state index in [9.17, 15) is 70.7 Å². The number of aliphatic imine (C=N–C) groups is 1. The van der Waals surface area contributed by atoms with E-state index in [0.29, 0.717) is 49.7 Å². The van der Waals surface area contributed by atoms with Gasteiger partial charge in [0.1, 0.15) is 64.2 Å². The van der Waals surface area contributed by atoms with Gasteiger partial charge >= 0.3 is 0 Å². The third-order valence-electron chi connectivity index (χ3n) is 16.5. The highest BCUT2D eigenvalue weighted by Gasteiger charge is 2.42. The summed E-state index contributed by atoms with van der Waals surface area (Å²) in [4.78, 5) is 187. The number of benzene rings is 2. The Balaban J connectivity index is 1.58. The average Bonchev–Trinajstić information content (AvgIpc) is 1.64. The number of likely N-dealkylation sites (tertiary alicyclic amines) is 2. The van der Waals surface area contributed by atoms with E-state index in [4.69, 9.17) is 40.1 Å². The molecule has 2 aromatic carbocycles. The summed E-state index contributed by atoms with van der Waals surface area (Å²) in [5, 5.41) is 18.3. The molecule has 2 heterocycles. The second-order valence-corrected chi connectivity index (χ2v) is 27.5. The van der Waals surface area contributed by atoms with Crippen molar-refractivity contribution in [2.75, 3.05) is 51.8 Å². The summed E-state index contributed by atoms with van der Waals surface area (Å²) < 4.78 is 23.7. The molecule has 4 rings (SSSR count). The summed E-state index contributed by atoms with van der Waals surface area (Å²) in [7, 11) is -2.28. The van der Waals surface area contributed by atoms with Crippen molar-refractivity contribution >= 4 is 92.6 Å². The van der Waals surface area contributed by atoms with Gasteiger partial charge in [-0.2, -0.15) is 0 Å². The number of guanidine groups is 1. The van der Waals surface area contributed by atoms with Crippen LogP contribution >= 0.6 is 0 Å². The summed E-state index contributed by atoms with van der Waals surface area (Å²) in [6.45, 7) is 3.68. The highest BCUT2D eigenvalue weighted by atomic mass is 32.2. The molecule has 10 atom stereocenters. The summed E-state index contributed by atoms with van der Waals surface area (Å²) >= 11 is 0. The summed E-state index contributed by atoms with van der Waals surface area (Å²) in [6.07, 6.45) is 1.32. The van der Waals surface area contributed by atoms with E-state index < -0.39 is 185 Å². The van der Waals surface area contributed by atoms with Crippen LogP contribution in [0.2, 0.25) is 0 Å². The number of likely N-dealkylation sites (N-methyl/N-ethyl adjacent to an activating group) is 1. The Morgan fingerprint density at radius 3 is 1.53 bits per heavy atom. The first kappa shape index (κ1) is 81.1. The van der Waals surface area contributed by atoms with Crippen LogP contribution in [0.3, 0.4) is 0 Å². The Kier molecular flexibility index (Phi) is 33.5. The largest absolute Gasteiger partial charge is 0.370 e. The minimum atomic E-state index is -3.56. The standard InChI is InChI=1S/C64H100N18O15S/c1-38(2)34-46(57(89)74-42(54(69)86)28-33-98(4,96)97)73-53(85)37-80(3)62(94)48(36-40-18-9-6-10-19-40)79-58(90)47(35-39-16-7-5-8-17-39)78-56(88)43(24-26-51(67)83)75-55(87)44(25-27-52(68)84)76-59(91)50-23-15-32-82(50)63(95)45(21-11-12-29-65)77-60(92)49-22-14-31-81(49)61(93)41(66)20-13-30-72-64(70)71/h5-10,16-19,38,41-50H,11-15,20-37,65-66H2,1-4H3,(H2,67,83)(H2,68,84)(H2,69,86)(H,73,85)(H,74,89)(H,75,87)(H,76,91)(H,77,92)(H,78,88)(H,79,90)(H4,70,71,72)/t41-,42-,43-,44-,45-,46-,47-,48-,49-,50?/m0/s1. The minimum absolute atomic E-state index is 0.0509. The third kappa shape index (κ3) is 28.0. The molecule has 13 amide bonds. The van der Waals surface area contributed by atoms with Crippen molar-refractivity contribution in [1.82, 2.24) is 51.9 Å². The second-order valence-electron chi connectivity index (χ2n) is 25.2. The predicted octanol–water partition coefficient (Wildman–Crippen LogP) is -4.69. The summed E-state index contributed by atoms with van der Waals surface area (Å²) in [5.74, 6) is -11.5. The van der Waals surface area contributed by atoms with Gasteiger partial charge in [0.25, 0.3) is 0 Å². The van der Waals surface area contributed by atoms with Gasteiger partial charge in [0.2, 0.25) is 76.8 Å². The van der Waals surface area contributed by atoms with Crippen LogP contribution in [-0.2, 0) is 85.0 Å². The summed E-state index contributed by atoms with van der Waals surface area (Å²) in [6, 6.07) is 3.62. The Morgan fingerprint density at radius 2 is 1.03 bits per heavy atom. The molecule has 0 spiro atoms. The van der Waals surface area contributed by atoms with Crippen LogP contribution in [0.15, 0.2) is 65.7 Å². The molecule has 21 N–H and O–H groups in total. The number of carbonyl (C=O) groups excluding carboxylic acids is 13. The monoisotopic (exact) mass is 1390 g/mol. The van der Waals surface area contributed by atoms with E-state index in [2.05, 4.69) is 42.2 Å². The zero-order valence-electron chi connectivity index (χ0n) is 56.3. The van der Waals surface area contributed by atoms with Crippen molar-refractivity contribution in [1.29, 1.82) is 0 Å². The molecule has 542 valence electrons. The maximum Gasteiger partial charge on any atom is 0.245 e. The first-order chi connectivity index (χ1) is 46.3. The number of amides is 13. The van der Waals surface area contributed by atoms with E-state index in [1.54, 1.807) is 74.5 Å². The molecule has 0 radical (unpaired) electrons. The molecule has 98 heavy (non-hydrogen) atoms. The van der Waals surface area contributed by atoms with Gasteiger partial charge in [-0.3, -0.25) is 67.3 Å². The molecule has 2 aromatic rings. The number of primary amides is 3. The number of nitrogens with zero attached hydrogens (tertiary/aromatic N) is 4. The Labute approximate surface area is 571 Å². The van der Waals surface area contributed by atoms with Gasteiger partial charge in [-0.15, -0.1) is 0 Å². The molecule has 0 aromatic heterocycles. The van der Waals surface area contributed by atoms with Gasteiger partial charge in [-0.25, -0.2) is 8.42 Å². The van der Waals surface area contributed by atoms with Crippen LogP contribution in [0, 0.1) is 5.92 Å². The molecule has 2 saturated heterocycles. The topological polar surface area (TPSA) is 544 Å². The molecule has 2 aliphatic rings. The van der Waals surface area contributed by atoms with E-state index in [1.807, 2.05) is 0 Å². The lowest BCUT2D eigenvalue weighted by Crippen LogP contribution is -2.60. The highest BCUT2D eigenvalue weighted by molar-refractivity contribution is 7.90. The molecule has 33 nitrogen and oxygen atoms in total. The normalized spacial score (nSPS) is 16.8. The zero-order valence-corrected chi connectivity index (χ0v) is 57.1. The molecule has 34 heteroatoms. The minimum Gasteiger partial charge on any atom is -0.370 e. The number of sulfone groups is 1. The van der Waals surface area contributed by atoms with Crippen molar-refractivity contribution in [3.8, 4) is 0 Å². The van der Waals surface area contributed by atoms with Crippen LogP contribution in [0.4, 0.5) is 0 Å². The van der Waals surface area contributed by atoms with Crippen molar-refractivity contribution in [2.24, 2.45) is 51.0 Å². The summed E-state index contributed by atoms with van der Waals surface area (Å²) in [5.41, 5.74) is 40.5. The quantitative estimate of drug-likeness (QED) is 0.0169. The van der Waals surface area contributed by atoms with E-state index >= 15 is 0 Å². The molecule has 0 bridgehead atoms. The fraction of sp³-hybridized carbons (Fsp3) is 0.594. The Bertz CT molecular complexity index is 3230. The van der Waals surface area contributed by atoms with E-state index in [-0.39, 0.29) is 83.0 Å². The van der Waals surface area contributed by atoms with Crippen LogP contribution in [0.1, 0.15) is 121 Å². The average molecular weight is 1390 g/mol. The number of nitrogens with two attached hydrogens (primary N) is 7. The molecule has 1 unspecified atom stereocenters. The van der Waals surface area contributed by atoms with Crippen LogP contribution < -0.4 is 77.4 Å². The fourth-order valence-corrected chi connectivity index (χ4v) is 12.0. The Morgan fingerprint density at radius 1 is 0.561 bits per heavy atom. The number of carbonyl (C=O) groups is 13. The van der Waals surface area contributed by atoms with Crippen molar-refractivity contribution in [3.05, 3.63) is 71.8 Å². The first-order valence-electron chi connectivity index (χ1n) is 32.9. The molecule has 0 saturated carbocycles.